The molecule has 0 saturated heterocycles. The zero-order valence-electron chi connectivity index (χ0n) is 25.1. The minimum Gasteiger partial charge on any atom is -0.494 e. The minimum absolute atomic E-state index is 0.0491. The molecule has 0 fully saturated rings. The van der Waals surface area contributed by atoms with E-state index >= 15 is 0 Å². The number of amides is 1. The summed E-state index contributed by atoms with van der Waals surface area (Å²) in [5, 5.41) is 1.13. The second-order valence-corrected chi connectivity index (χ2v) is 9.79. The monoisotopic (exact) mass is 575 g/mol. The minimum atomic E-state index is -0.0491. The summed E-state index contributed by atoms with van der Waals surface area (Å²) < 4.78 is 12.5. The summed E-state index contributed by atoms with van der Waals surface area (Å²) in [5.41, 5.74) is 5.93. The molecule has 0 aliphatic carbocycles. The summed E-state index contributed by atoms with van der Waals surface area (Å²) in [7, 11) is 0. The van der Waals surface area contributed by atoms with E-state index in [1.165, 1.54) is 0 Å². The molecular weight excluding hydrogens is 538 g/mol. The van der Waals surface area contributed by atoms with Crippen molar-refractivity contribution in [2.45, 2.75) is 27.7 Å². The topological polar surface area (TPSA) is 85.3 Å². The van der Waals surface area contributed by atoms with Crippen LogP contribution in [-0.4, -0.2) is 56.8 Å². The van der Waals surface area contributed by atoms with Gasteiger partial charge in [-0.1, -0.05) is 0 Å². The molecule has 0 bridgehead atoms. The van der Waals surface area contributed by atoms with E-state index in [4.69, 9.17) is 14.5 Å². The molecule has 8 nitrogen and oxygen atoms in total. The molecule has 220 valence electrons. The van der Waals surface area contributed by atoms with Gasteiger partial charge in [0.2, 0.25) is 0 Å². The van der Waals surface area contributed by atoms with Gasteiger partial charge in [0.15, 0.2) is 0 Å². The van der Waals surface area contributed by atoms with Crippen LogP contribution in [-0.2, 0) is 0 Å². The van der Waals surface area contributed by atoms with Crippen LogP contribution in [0.15, 0.2) is 97.3 Å². The molecule has 0 saturated carbocycles. The lowest BCUT2D eigenvalue weighted by molar-refractivity contribution is 0.205. The van der Waals surface area contributed by atoms with E-state index in [1.807, 2.05) is 88.4 Å². The van der Waals surface area contributed by atoms with Gasteiger partial charge in [-0.05, 0) is 118 Å². The Morgan fingerprint density at radius 3 is 2.05 bits per heavy atom. The third kappa shape index (κ3) is 6.70. The molecule has 2 aromatic heterocycles. The van der Waals surface area contributed by atoms with Crippen LogP contribution in [0.5, 0.6) is 11.5 Å². The molecule has 0 radical (unpaired) electrons. The molecule has 6 rings (SSSR count). The van der Waals surface area contributed by atoms with Gasteiger partial charge in [0.25, 0.3) is 0 Å². The number of pyridine rings is 2. The first-order valence-corrected chi connectivity index (χ1v) is 14.7. The fourth-order valence-corrected chi connectivity index (χ4v) is 4.89. The quantitative estimate of drug-likeness (QED) is 0.199. The zero-order chi connectivity index (χ0) is 30.2. The van der Waals surface area contributed by atoms with E-state index in [2.05, 4.69) is 34.2 Å². The van der Waals surface area contributed by atoms with E-state index in [-0.39, 0.29) is 6.03 Å². The number of carbonyl (C=O) groups is 1. The molecule has 2 aromatic carbocycles. The Kier molecular flexibility index (Phi) is 9.36. The van der Waals surface area contributed by atoms with Gasteiger partial charge in [-0.2, -0.15) is 0 Å². The highest BCUT2D eigenvalue weighted by atomic mass is 16.5. The smallest absolute Gasteiger partial charge is 0.329 e. The van der Waals surface area contributed by atoms with E-state index in [0.717, 1.165) is 50.6 Å². The van der Waals surface area contributed by atoms with Crippen LogP contribution < -0.4 is 9.47 Å². The molecule has 4 heterocycles. The Morgan fingerprint density at radius 1 is 0.791 bits per heavy atom. The predicted octanol–water partition coefficient (Wildman–Crippen LogP) is 7.99. The summed E-state index contributed by atoms with van der Waals surface area (Å²) in [6.45, 7) is 10.6. The first-order valence-electron chi connectivity index (χ1n) is 14.7. The second kappa shape index (κ2) is 13.7. The van der Waals surface area contributed by atoms with Crippen molar-refractivity contribution in [3.05, 3.63) is 97.3 Å². The molecule has 0 spiro atoms. The van der Waals surface area contributed by atoms with Crippen LogP contribution in [0.1, 0.15) is 27.7 Å². The molecule has 0 unspecified atom stereocenters. The Hall–Kier alpha value is -5.11. The molecule has 0 atom stereocenters. The summed E-state index contributed by atoms with van der Waals surface area (Å²) in [4.78, 5) is 26.8. The van der Waals surface area contributed by atoms with E-state index < -0.39 is 0 Å². The first kappa shape index (κ1) is 29.4. The van der Waals surface area contributed by atoms with E-state index in [0.29, 0.717) is 32.1 Å². The largest absolute Gasteiger partial charge is 0.494 e. The van der Waals surface area contributed by atoms with Crippen LogP contribution in [0.2, 0.25) is 0 Å². The highest BCUT2D eigenvalue weighted by Gasteiger charge is 2.19. The van der Waals surface area contributed by atoms with Crippen molar-refractivity contribution in [3.63, 3.8) is 0 Å². The number of benzene rings is 2. The summed E-state index contributed by atoms with van der Waals surface area (Å²) >= 11 is 0. The van der Waals surface area contributed by atoms with Crippen molar-refractivity contribution in [1.29, 1.82) is 0 Å². The standard InChI is InChI=1S/C20H23N3O2.C15H14N2O/c1-4-22(5-2)20(24)23-13-7-8-16-14-18(21-19(16)23)15-9-11-17(12-10-15)25-6-3;1-2-18-13-7-5-11(6-8-13)14-10-12-4-3-9-16-15(12)17-14/h7-14H,4-6H2,1-3H3;3-10H,2H2,1H3,(H,16,17). The average Bonchev–Trinajstić information content (AvgIpc) is 3.68. The Morgan fingerprint density at radius 2 is 1.44 bits per heavy atom. The van der Waals surface area contributed by atoms with E-state index in [9.17, 15) is 4.79 Å². The fourth-order valence-electron chi connectivity index (χ4n) is 4.89. The van der Waals surface area contributed by atoms with Gasteiger partial charge in [0.1, 0.15) is 23.0 Å². The number of aromatic nitrogens is 4. The maximum atomic E-state index is 12.7. The van der Waals surface area contributed by atoms with Crippen molar-refractivity contribution in [2.75, 3.05) is 26.3 Å². The number of nitrogens with zero attached hydrogens (tertiary/aromatic N) is 4. The number of aromatic amines is 1. The summed E-state index contributed by atoms with van der Waals surface area (Å²) in [6, 6.07) is 27.9. The van der Waals surface area contributed by atoms with Crippen LogP contribution in [0, 0.1) is 0 Å². The first-order chi connectivity index (χ1) is 21.0. The van der Waals surface area contributed by atoms with Gasteiger partial charge in [0, 0.05) is 47.7 Å². The number of nitrogens with one attached hydrogen (secondary N) is 1. The fraction of sp³-hybridized carbons (Fsp3) is 0.229. The number of rotatable bonds is 8. The number of H-pyrrole nitrogens is 1. The number of ether oxygens (including phenoxy) is 2. The van der Waals surface area contributed by atoms with Gasteiger partial charge in [0.05, 0.1) is 18.9 Å². The number of carbonyl (C=O) groups excluding carboxylic acids is 1. The number of fused-ring (bicyclic) bond motifs is 2. The highest BCUT2D eigenvalue weighted by molar-refractivity contribution is 5.84. The van der Waals surface area contributed by atoms with Crippen LogP contribution in [0.3, 0.4) is 0 Å². The van der Waals surface area contributed by atoms with Gasteiger partial charge in [-0.3, -0.25) is 4.57 Å². The molecule has 4 aromatic rings. The molecule has 8 heteroatoms. The third-order valence-corrected chi connectivity index (χ3v) is 7.09. The third-order valence-electron chi connectivity index (χ3n) is 7.09. The average molecular weight is 576 g/mol. The summed E-state index contributed by atoms with van der Waals surface area (Å²) in [5.74, 6) is 2.42. The van der Waals surface area contributed by atoms with Gasteiger partial charge in [-0.15, -0.1) is 0 Å². The van der Waals surface area contributed by atoms with Crippen molar-refractivity contribution in [1.82, 2.24) is 24.4 Å². The van der Waals surface area contributed by atoms with Crippen molar-refractivity contribution >= 4 is 17.1 Å². The van der Waals surface area contributed by atoms with Gasteiger partial charge in [-0.25, -0.2) is 14.8 Å². The Labute approximate surface area is 252 Å². The normalized spacial score (nSPS) is 10.8. The second-order valence-electron chi connectivity index (χ2n) is 9.79. The Balaban J connectivity index is 0.000000180. The predicted molar refractivity (Wildman–Crippen MR) is 172 cm³/mol. The lowest BCUT2D eigenvalue weighted by atomic mass is 10.1. The molecule has 2 aliphatic rings. The maximum Gasteiger partial charge on any atom is 0.329 e. The molecule has 43 heavy (non-hydrogen) atoms. The molecule has 1 N–H and O–H groups in total. The van der Waals surface area contributed by atoms with Crippen LogP contribution >= 0.6 is 0 Å². The maximum absolute atomic E-state index is 12.7. The molecular formula is C35H37N5O3. The lowest BCUT2D eigenvalue weighted by Crippen LogP contribution is -2.34. The van der Waals surface area contributed by atoms with Crippen LogP contribution in [0.25, 0.3) is 44.9 Å². The van der Waals surface area contributed by atoms with Crippen LogP contribution in [0.4, 0.5) is 4.79 Å². The van der Waals surface area contributed by atoms with Gasteiger partial charge >= 0.3 is 6.03 Å². The van der Waals surface area contributed by atoms with E-state index in [1.54, 1.807) is 21.9 Å². The van der Waals surface area contributed by atoms with Gasteiger partial charge < -0.3 is 19.4 Å². The zero-order valence-corrected chi connectivity index (χ0v) is 25.1. The Bertz CT molecular complexity index is 1700. The SMILES string of the molecule is CCOc1ccc(-c2cc3cccn(C(=O)N(CC)CC)c-3n2)cc1.CCOc1ccc(-c2cc3cccnc3[nH]2)cc1. The van der Waals surface area contributed by atoms with Crippen molar-refractivity contribution in [2.24, 2.45) is 0 Å². The number of hydrogen-bond acceptors (Lipinski definition) is 5. The summed E-state index contributed by atoms with van der Waals surface area (Å²) in [6.07, 6.45) is 3.57. The highest BCUT2D eigenvalue weighted by Crippen LogP contribution is 2.30. The van der Waals surface area contributed by atoms with Crippen molar-refractivity contribution in [3.8, 4) is 45.4 Å². The molecule has 1 amide bonds. The lowest BCUT2D eigenvalue weighted by Gasteiger charge is -2.21. The number of hydrogen-bond donors (Lipinski definition) is 1. The molecule has 2 aliphatic heterocycles. The van der Waals surface area contributed by atoms with Crippen molar-refractivity contribution < 1.29 is 14.3 Å².